The monoisotopic (exact) mass is 408 g/mol. The van der Waals surface area contributed by atoms with Crippen LogP contribution in [0.3, 0.4) is 0 Å². The molecule has 2 aromatic carbocycles. The normalized spacial score (nSPS) is 13.8. The molecule has 7 nitrogen and oxygen atoms in total. The number of nitrogens with one attached hydrogen (secondary N) is 1. The minimum Gasteiger partial charge on any atom is -0.465 e. The summed E-state index contributed by atoms with van der Waals surface area (Å²) >= 11 is 1.23. The van der Waals surface area contributed by atoms with E-state index in [9.17, 15) is 19.2 Å². The molecule has 0 unspecified atom stereocenters. The van der Waals surface area contributed by atoms with Crippen molar-refractivity contribution in [1.29, 1.82) is 0 Å². The Kier molecular flexibility index (Phi) is 4.85. The van der Waals surface area contributed by atoms with E-state index in [-0.39, 0.29) is 30.2 Å². The van der Waals surface area contributed by atoms with E-state index in [2.05, 4.69) is 5.32 Å². The zero-order valence-electron chi connectivity index (χ0n) is 15.4. The largest absolute Gasteiger partial charge is 0.465 e. The van der Waals surface area contributed by atoms with Crippen LogP contribution in [-0.2, 0) is 14.3 Å². The standard InChI is InChI=1S/C21H16N2O5S/c1-28-21(27)19-18(14-7-2-3-8-15(14)29-19)22-20(26)12-5-4-6-13(11-12)23-16(24)9-10-17(23)25/h2-8,11H,9-10H2,1H3,(H,22,26). The highest BCUT2D eigenvalue weighted by Crippen LogP contribution is 2.36. The average Bonchev–Trinajstić information content (AvgIpc) is 3.27. The van der Waals surface area contributed by atoms with Crippen molar-refractivity contribution in [2.24, 2.45) is 0 Å². The van der Waals surface area contributed by atoms with E-state index in [1.165, 1.54) is 24.5 Å². The molecule has 0 saturated carbocycles. The Bertz CT molecular complexity index is 1150. The van der Waals surface area contributed by atoms with Gasteiger partial charge in [0.05, 0.1) is 18.5 Å². The number of hydrogen-bond acceptors (Lipinski definition) is 6. The number of esters is 1. The van der Waals surface area contributed by atoms with Crippen LogP contribution < -0.4 is 10.2 Å². The maximum absolute atomic E-state index is 12.9. The number of hydrogen-bond donors (Lipinski definition) is 1. The molecule has 3 amide bonds. The Labute approximate surface area is 169 Å². The summed E-state index contributed by atoms with van der Waals surface area (Å²) in [6.07, 6.45) is 0.331. The molecular weight excluding hydrogens is 392 g/mol. The Balaban J connectivity index is 1.69. The lowest BCUT2D eigenvalue weighted by Crippen LogP contribution is -2.28. The van der Waals surface area contributed by atoms with Gasteiger partial charge in [0, 0.05) is 28.5 Å². The number of nitrogens with zero attached hydrogens (tertiary/aromatic N) is 1. The van der Waals surface area contributed by atoms with Crippen molar-refractivity contribution in [2.45, 2.75) is 12.8 Å². The fraction of sp³-hybridized carbons (Fsp3) is 0.143. The van der Waals surface area contributed by atoms with Gasteiger partial charge in [-0.25, -0.2) is 4.79 Å². The molecule has 1 N–H and O–H groups in total. The zero-order valence-corrected chi connectivity index (χ0v) is 16.2. The van der Waals surface area contributed by atoms with E-state index in [1.807, 2.05) is 24.3 Å². The second kappa shape index (κ2) is 7.48. The first-order chi connectivity index (χ1) is 14.0. The molecule has 146 valence electrons. The molecule has 1 aliphatic heterocycles. The van der Waals surface area contributed by atoms with Gasteiger partial charge in [-0.3, -0.25) is 19.3 Å². The van der Waals surface area contributed by atoms with E-state index in [0.717, 1.165) is 15.0 Å². The topological polar surface area (TPSA) is 92.8 Å². The van der Waals surface area contributed by atoms with Crippen molar-refractivity contribution in [3.8, 4) is 0 Å². The first-order valence-corrected chi connectivity index (χ1v) is 9.68. The molecule has 29 heavy (non-hydrogen) atoms. The summed E-state index contributed by atoms with van der Waals surface area (Å²) in [5.74, 6) is -1.57. The lowest BCUT2D eigenvalue weighted by molar-refractivity contribution is -0.121. The predicted molar refractivity (Wildman–Crippen MR) is 109 cm³/mol. The first kappa shape index (κ1) is 18.8. The summed E-state index contributed by atoms with van der Waals surface area (Å²) in [5.41, 5.74) is 0.996. The third kappa shape index (κ3) is 3.38. The van der Waals surface area contributed by atoms with Crippen LogP contribution in [0.15, 0.2) is 48.5 Å². The van der Waals surface area contributed by atoms with Crippen molar-refractivity contribution in [1.82, 2.24) is 0 Å². The molecule has 3 aromatic rings. The number of amides is 3. The smallest absolute Gasteiger partial charge is 0.350 e. The number of thiophene rings is 1. The van der Waals surface area contributed by atoms with Gasteiger partial charge in [0.15, 0.2) is 0 Å². The van der Waals surface area contributed by atoms with Crippen LogP contribution in [-0.4, -0.2) is 30.8 Å². The number of anilines is 2. The van der Waals surface area contributed by atoms with Gasteiger partial charge in [-0.15, -0.1) is 11.3 Å². The number of carbonyl (C=O) groups is 4. The van der Waals surface area contributed by atoms with Crippen LogP contribution in [0.1, 0.15) is 32.9 Å². The Morgan fingerprint density at radius 3 is 2.48 bits per heavy atom. The third-order valence-electron chi connectivity index (χ3n) is 4.62. The van der Waals surface area contributed by atoms with Crippen LogP contribution in [0.2, 0.25) is 0 Å². The van der Waals surface area contributed by atoms with E-state index in [1.54, 1.807) is 18.2 Å². The maximum atomic E-state index is 12.9. The number of rotatable bonds is 4. The summed E-state index contributed by atoms with van der Waals surface area (Å²) in [7, 11) is 1.28. The zero-order chi connectivity index (χ0) is 20.5. The molecular formula is C21H16N2O5S. The molecule has 0 radical (unpaired) electrons. The predicted octanol–water partition coefficient (Wildman–Crippen LogP) is 3.59. The summed E-state index contributed by atoms with van der Waals surface area (Å²) in [6.45, 7) is 0. The van der Waals surface area contributed by atoms with E-state index < -0.39 is 11.9 Å². The highest BCUT2D eigenvalue weighted by atomic mass is 32.1. The second-order valence-corrected chi connectivity index (χ2v) is 7.47. The van der Waals surface area contributed by atoms with Crippen molar-refractivity contribution in [3.63, 3.8) is 0 Å². The van der Waals surface area contributed by atoms with Crippen molar-refractivity contribution in [3.05, 3.63) is 59.0 Å². The molecule has 8 heteroatoms. The summed E-state index contributed by atoms with van der Waals surface area (Å²) in [4.78, 5) is 50.4. The number of benzene rings is 2. The van der Waals surface area contributed by atoms with Crippen LogP contribution >= 0.6 is 11.3 Å². The van der Waals surface area contributed by atoms with Gasteiger partial charge in [0.2, 0.25) is 11.8 Å². The number of imide groups is 1. The summed E-state index contributed by atoms with van der Waals surface area (Å²) in [5, 5.41) is 3.52. The van der Waals surface area contributed by atoms with Crippen LogP contribution in [0.4, 0.5) is 11.4 Å². The molecule has 0 bridgehead atoms. The molecule has 1 aliphatic rings. The lowest BCUT2D eigenvalue weighted by Gasteiger charge is -2.15. The van der Waals surface area contributed by atoms with E-state index in [4.69, 9.17) is 4.74 Å². The molecule has 0 spiro atoms. The summed E-state index contributed by atoms with van der Waals surface area (Å²) < 4.78 is 5.68. The van der Waals surface area contributed by atoms with Gasteiger partial charge in [-0.05, 0) is 24.3 Å². The molecule has 1 saturated heterocycles. The molecule has 0 aliphatic carbocycles. The Hall–Kier alpha value is -3.52. The van der Waals surface area contributed by atoms with Gasteiger partial charge in [-0.2, -0.15) is 0 Å². The molecule has 4 rings (SSSR count). The quantitative estimate of drug-likeness (QED) is 0.526. The van der Waals surface area contributed by atoms with Crippen molar-refractivity contribution < 1.29 is 23.9 Å². The van der Waals surface area contributed by atoms with Gasteiger partial charge in [0.25, 0.3) is 5.91 Å². The molecule has 1 aromatic heterocycles. The summed E-state index contributed by atoms with van der Waals surface area (Å²) in [6, 6.07) is 13.6. The van der Waals surface area contributed by atoms with Gasteiger partial charge < -0.3 is 10.1 Å². The van der Waals surface area contributed by atoms with Crippen molar-refractivity contribution in [2.75, 3.05) is 17.3 Å². The van der Waals surface area contributed by atoms with E-state index in [0.29, 0.717) is 16.3 Å². The highest BCUT2D eigenvalue weighted by molar-refractivity contribution is 7.21. The maximum Gasteiger partial charge on any atom is 0.350 e. The highest BCUT2D eigenvalue weighted by Gasteiger charge is 2.30. The fourth-order valence-electron chi connectivity index (χ4n) is 3.24. The second-order valence-electron chi connectivity index (χ2n) is 6.42. The molecule has 1 fully saturated rings. The van der Waals surface area contributed by atoms with Crippen molar-refractivity contribution >= 4 is 56.5 Å². The number of carbonyl (C=O) groups excluding carboxylic acids is 4. The Morgan fingerprint density at radius 2 is 1.76 bits per heavy atom. The average molecular weight is 408 g/mol. The van der Waals surface area contributed by atoms with Crippen LogP contribution in [0, 0.1) is 0 Å². The minimum absolute atomic E-state index is 0.165. The van der Waals surface area contributed by atoms with Gasteiger partial charge >= 0.3 is 5.97 Å². The fourth-order valence-corrected chi connectivity index (χ4v) is 4.32. The number of methoxy groups -OCH3 is 1. The molecule has 2 heterocycles. The third-order valence-corrected chi connectivity index (χ3v) is 5.77. The first-order valence-electron chi connectivity index (χ1n) is 8.86. The Morgan fingerprint density at radius 1 is 1.03 bits per heavy atom. The number of fused-ring (bicyclic) bond motifs is 1. The van der Waals surface area contributed by atoms with E-state index >= 15 is 0 Å². The SMILES string of the molecule is COC(=O)c1sc2ccccc2c1NC(=O)c1cccc(N2C(=O)CCC2=O)c1. The van der Waals surface area contributed by atoms with Gasteiger partial charge in [0.1, 0.15) is 4.88 Å². The lowest BCUT2D eigenvalue weighted by atomic mass is 10.1. The molecule has 0 atom stereocenters. The van der Waals surface area contributed by atoms with Gasteiger partial charge in [-0.1, -0.05) is 24.3 Å². The van der Waals surface area contributed by atoms with Crippen LogP contribution in [0.25, 0.3) is 10.1 Å². The minimum atomic E-state index is -0.538. The number of ether oxygens (including phenoxy) is 1. The van der Waals surface area contributed by atoms with Crippen LogP contribution in [0.5, 0.6) is 0 Å².